The van der Waals surface area contributed by atoms with Crippen LogP contribution in [0.4, 0.5) is 0 Å². The molecule has 0 radical (unpaired) electrons. The van der Waals surface area contributed by atoms with Crippen LogP contribution in [0.2, 0.25) is 0 Å². The van der Waals surface area contributed by atoms with Crippen molar-refractivity contribution >= 4 is 0 Å². The predicted octanol–water partition coefficient (Wildman–Crippen LogP) is 2.40. The average molecular weight is 288 g/mol. The Hall–Kier alpha value is -0.0800. The van der Waals surface area contributed by atoms with Crippen LogP contribution in [0.3, 0.4) is 0 Å². The molecule has 2 N–H and O–H groups in total. The van der Waals surface area contributed by atoms with Crippen molar-refractivity contribution in [1.82, 2.24) is 0 Å². The van der Waals surface area contributed by atoms with Crippen molar-refractivity contribution in [3.8, 4) is 0 Å². The zero-order chi connectivity index (χ0) is 13.9. The maximum atomic E-state index is 9.86. The van der Waals surface area contributed by atoms with E-state index in [1.165, 1.54) is 25.7 Å². The predicted molar refractivity (Wildman–Crippen MR) is 79.1 cm³/mol. The smallest absolute Gasteiger partial charge is 0.0465 e. The number of rotatable bonds is 2. The van der Waals surface area contributed by atoms with Gasteiger partial charge in [0.2, 0.25) is 0 Å². The van der Waals surface area contributed by atoms with Crippen molar-refractivity contribution in [2.75, 3.05) is 13.2 Å². The zero-order valence-corrected chi connectivity index (χ0v) is 12.8. The topological polar surface area (TPSA) is 40.5 Å². The maximum Gasteiger partial charge on any atom is 0.0465 e. The van der Waals surface area contributed by atoms with Crippen LogP contribution in [0.5, 0.6) is 0 Å². The van der Waals surface area contributed by atoms with Crippen LogP contribution in [0.15, 0.2) is 0 Å². The molecule has 6 fully saturated rings. The fourth-order valence-corrected chi connectivity index (χ4v) is 9.61. The van der Waals surface area contributed by atoms with Gasteiger partial charge in [-0.05, 0) is 103 Å². The Labute approximate surface area is 127 Å². The van der Waals surface area contributed by atoms with E-state index in [1.54, 1.807) is 6.42 Å². The summed E-state index contributed by atoms with van der Waals surface area (Å²) in [4.78, 5) is 0. The van der Waals surface area contributed by atoms with Gasteiger partial charge in [-0.25, -0.2) is 0 Å². The molecular weight excluding hydrogens is 260 g/mol. The van der Waals surface area contributed by atoms with Crippen LogP contribution in [-0.2, 0) is 0 Å². The van der Waals surface area contributed by atoms with Crippen LogP contribution >= 0.6 is 0 Å². The Balaban J connectivity index is 1.39. The van der Waals surface area contributed by atoms with Gasteiger partial charge in [0.15, 0.2) is 0 Å². The fraction of sp³-hybridized carbons (Fsp3) is 1.00. The summed E-state index contributed by atoms with van der Waals surface area (Å²) in [5, 5.41) is 19.7. The standard InChI is InChI=1S/C19H28O2/c20-6-14-10-4-11(15(14)7-21)19-13-5-12(18(10)19)16-8-1-2-9(3-8)17(13)16/h8-21H,1-7H2/t8?,9?,10-,11-,12?,13?,14?,15?,16?,17?,18?,19?/m0/s1. The minimum absolute atomic E-state index is 0.327. The summed E-state index contributed by atoms with van der Waals surface area (Å²) in [6, 6.07) is 0. The summed E-state index contributed by atoms with van der Waals surface area (Å²) in [7, 11) is 0. The Morgan fingerprint density at radius 2 is 1.05 bits per heavy atom. The van der Waals surface area contributed by atoms with Gasteiger partial charge in [-0.1, -0.05) is 0 Å². The average Bonchev–Trinajstić information content (AvgIpc) is 3.30. The van der Waals surface area contributed by atoms with E-state index in [-0.39, 0.29) is 0 Å². The number of aliphatic hydroxyl groups excluding tert-OH is 2. The highest BCUT2D eigenvalue weighted by Crippen LogP contribution is 2.77. The van der Waals surface area contributed by atoms with E-state index in [0.29, 0.717) is 25.0 Å². The SMILES string of the molecule is OCC1C(CO)[C@@H]2C[C@@H]1C1C3CC(C4C5CCC(C5)C34)C12. The summed E-state index contributed by atoms with van der Waals surface area (Å²) in [6.45, 7) is 0.653. The van der Waals surface area contributed by atoms with Gasteiger partial charge in [0.25, 0.3) is 0 Å². The van der Waals surface area contributed by atoms with Crippen LogP contribution in [0.1, 0.15) is 32.1 Å². The van der Waals surface area contributed by atoms with E-state index in [2.05, 4.69) is 0 Å². The Kier molecular flexibility index (Phi) is 2.28. The van der Waals surface area contributed by atoms with Crippen LogP contribution in [0, 0.1) is 71.0 Å². The van der Waals surface area contributed by atoms with Crippen molar-refractivity contribution < 1.29 is 10.2 Å². The van der Waals surface area contributed by atoms with Gasteiger partial charge in [0.05, 0.1) is 0 Å². The van der Waals surface area contributed by atoms with Crippen LogP contribution in [-0.4, -0.2) is 23.4 Å². The first-order valence-electron chi connectivity index (χ1n) is 9.55. The lowest BCUT2D eigenvalue weighted by Crippen LogP contribution is -2.46. The molecule has 12 atom stereocenters. The third kappa shape index (κ3) is 1.20. The summed E-state index contributed by atoms with van der Waals surface area (Å²) in [6.07, 6.45) is 7.49. The number of aliphatic hydroxyl groups is 2. The highest BCUT2D eigenvalue weighted by Gasteiger charge is 2.72. The molecule has 0 aromatic rings. The minimum Gasteiger partial charge on any atom is -0.396 e. The highest BCUT2D eigenvalue weighted by atomic mass is 16.3. The van der Waals surface area contributed by atoms with Crippen molar-refractivity contribution in [3.63, 3.8) is 0 Å². The molecule has 0 heterocycles. The monoisotopic (exact) mass is 288 g/mol. The van der Waals surface area contributed by atoms with Crippen LogP contribution < -0.4 is 0 Å². The molecule has 0 aliphatic heterocycles. The molecule has 10 unspecified atom stereocenters. The molecule has 0 amide bonds. The van der Waals surface area contributed by atoms with Gasteiger partial charge < -0.3 is 10.2 Å². The van der Waals surface area contributed by atoms with E-state index >= 15 is 0 Å². The first-order valence-corrected chi connectivity index (χ1v) is 9.55. The lowest BCUT2D eigenvalue weighted by Gasteiger charge is -2.48. The largest absolute Gasteiger partial charge is 0.396 e. The lowest BCUT2D eigenvalue weighted by molar-refractivity contribution is -0.0403. The van der Waals surface area contributed by atoms with Gasteiger partial charge in [-0.2, -0.15) is 0 Å². The van der Waals surface area contributed by atoms with Gasteiger partial charge in [-0.3, -0.25) is 0 Å². The molecule has 0 spiro atoms. The highest BCUT2D eigenvalue weighted by molar-refractivity contribution is 5.20. The molecule has 6 aliphatic rings. The Morgan fingerprint density at radius 1 is 0.571 bits per heavy atom. The molecule has 6 rings (SSSR count). The third-order valence-electron chi connectivity index (χ3n) is 9.62. The lowest BCUT2D eigenvalue weighted by atomic mass is 9.56. The van der Waals surface area contributed by atoms with E-state index < -0.39 is 0 Å². The molecule has 116 valence electrons. The Morgan fingerprint density at radius 3 is 1.52 bits per heavy atom. The summed E-state index contributed by atoms with van der Waals surface area (Å²) in [5.74, 6) is 10.6. The third-order valence-corrected chi connectivity index (χ3v) is 9.62. The second kappa shape index (κ2) is 3.87. The normalized spacial score (nSPS) is 68.9. The second-order valence-electron chi connectivity index (χ2n) is 9.46. The molecule has 2 nitrogen and oxygen atoms in total. The molecule has 21 heavy (non-hydrogen) atoms. The number of hydrogen-bond donors (Lipinski definition) is 2. The minimum atomic E-state index is 0.327. The molecule has 0 aromatic heterocycles. The molecular formula is C19H28O2. The van der Waals surface area contributed by atoms with Crippen molar-refractivity contribution in [2.45, 2.75) is 32.1 Å². The van der Waals surface area contributed by atoms with Crippen LogP contribution in [0.25, 0.3) is 0 Å². The molecule has 6 aliphatic carbocycles. The first kappa shape index (κ1) is 12.4. The van der Waals surface area contributed by atoms with Gasteiger partial charge >= 0.3 is 0 Å². The van der Waals surface area contributed by atoms with Gasteiger partial charge in [-0.15, -0.1) is 0 Å². The fourth-order valence-electron chi connectivity index (χ4n) is 9.61. The zero-order valence-electron chi connectivity index (χ0n) is 12.8. The van der Waals surface area contributed by atoms with Gasteiger partial charge in [0.1, 0.15) is 0 Å². The maximum absolute atomic E-state index is 9.86. The molecule has 2 heteroatoms. The molecule has 0 saturated heterocycles. The summed E-state index contributed by atoms with van der Waals surface area (Å²) < 4.78 is 0. The quantitative estimate of drug-likeness (QED) is 0.766. The summed E-state index contributed by atoms with van der Waals surface area (Å²) >= 11 is 0. The number of fused-ring (bicyclic) bond motifs is 16. The van der Waals surface area contributed by atoms with Gasteiger partial charge in [0, 0.05) is 13.2 Å². The molecule has 6 bridgehead atoms. The van der Waals surface area contributed by atoms with E-state index in [1.807, 2.05) is 0 Å². The Bertz CT molecular complexity index is 436. The molecule has 6 saturated carbocycles. The van der Waals surface area contributed by atoms with Crippen molar-refractivity contribution in [3.05, 3.63) is 0 Å². The van der Waals surface area contributed by atoms with Crippen molar-refractivity contribution in [1.29, 1.82) is 0 Å². The summed E-state index contributed by atoms with van der Waals surface area (Å²) in [5.41, 5.74) is 0. The second-order valence-corrected chi connectivity index (χ2v) is 9.46. The van der Waals surface area contributed by atoms with Crippen molar-refractivity contribution in [2.24, 2.45) is 71.0 Å². The number of hydrogen-bond acceptors (Lipinski definition) is 2. The molecule has 0 aromatic carbocycles. The van der Waals surface area contributed by atoms with E-state index in [9.17, 15) is 10.2 Å². The van der Waals surface area contributed by atoms with E-state index in [0.717, 1.165) is 59.2 Å². The first-order chi connectivity index (χ1) is 10.3. The van der Waals surface area contributed by atoms with E-state index in [4.69, 9.17) is 0 Å².